The summed E-state index contributed by atoms with van der Waals surface area (Å²) in [6, 6.07) is 12.3. The number of benzene rings is 2. The van der Waals surface area contributed by atoms with Crippen molar-refractivity contribution in [3.05, 3.63) is 70.6 Å². The van der Waals surface area contributed by atoms with Crippen LogP contribution in [0.3, 0.4) is 0 Å². The Morgan fingerprint density at radius 2 is 1.85 bits per heavy atom. The highest BCUT2D eigenvalue weighted by molar-refractivity contribution is 6.31. The van der Waals surface area contributed by atoms with E-state index in [2.05, 4.69) is 4.57 Å². The van der Waals surface area contributed by atoms with Crippen molar-refractivity contribution in [2.75, 3.05) is 0 Å². The van der Waals surface area contributed by atoms with Gasteiger partial charge in [0.25, 0.3) is 0 Å². The number of aromatic nitrogens is 1. The van der Waals surface area contributed by atoms with E-state index >= 15 is 0 Å². The van der Waals surface area contributed by atoms with Gasteiger partial charge in [-0.25, -0.2) is 4.39 Å². The maximum atomic E-state index is 12.9. The molecule has 2 N–H and O–H groups in total. The van der Waals surface area contributed by atoms with E-state index in [0.29, 0.717) is 18.1 Å². The van der Waals surface area contributed by atoms with Crippen molar-refractivity contribution in [3.8, 4) is 0 Å². The quantitative estimate of drug-likeness (QED) is 0.777. The second-order valence-corrected chi connectivity index (χ2v) is 5.21. The van der Waals surface area contributed by atoms with Crippen LogP contribution in [0.15, 0.2) is 48.7 Å². The van der Waals surface area contributed by atoms with Crippen molar-refractivity contribution in [1.29, 1.82) is 0 Å². The van der Waals surface area contributed by atoms with Crippen LogP contribution in [-0.4, -0.2) is 4.57 Å². The molecule has 0 radical (unpaired) electrons. The van der Waals surface area contributed by atoms with Gasteiger partial charge in [-0.15, -0.1) is 0 Å². The maximum Gasteiger partial charge on any atom is 0.123 e. The molecule has 4 heteroatoms. The third-order valence-corrected chi connectivity index (χ3v) is 3.65. The van der Waals surface area contributed by atoms with E-state index in [9.17, 15) is 4.39 Å². The van der Waals surface area contributed by atoms with Crippen LogP contribution in [-0.2, 0) is 13.1 Å². The van der Waals surface area contributed by atoms with E-state index in [1.807, 2.05) is 24.4 Å². The Morgan fingerprint density at radius 3 is 2.55 bits per heavy atom. The molecule has 3 rings (SSSR count). The van der Waals surface area contributed by atoms with E-state index in [0.717, 1.165) is 22.0 Å². The van der Waals surface area contributed by atoms with Gasteiger partial charge in [0.15, 0.2) is 0 Å². The van der Waals surface area contributed by atoms with Crippen molar-refractivity contribution < 1.29 is 4.39 Å². The number of rotatable bonds is 3. The molecule has 0 fully saturated rings. The molecule has 0 aliphatic carbocycles. The lowest BCUT2D eigenvalue weighted by molar-refractivity contribution is 0.626. The first-order chi connectivity index (χ1) is 9.67. The van der Waals surface area contributed by atoms with Crippen LogP contribution in [0.4, 0.5) is 4.39 Å². The minimum Gasteiger partial charge on any atom is -0.343 e. The molecule has 0 amide bonds. The number of fused-ring (bicyclic) bond motifs is 1. The predicted molar refractivity (Wildman–Crippen MR) is 80.3 cm³/mol. The Bertz CT molecular complexity index is 747. The fraction of sp³-hybridized carbons (Fsp3) is 0.125. The average Bonchev–Trinajstić information content (AvgIpc) is 2.79. The van der Waals surface area contributed by atoms with Crippen LogP contribution in [0.1, 0.15) is 11.1 Å². The van der Waals surface area contributed by atoms with Gasteiger partial charge in [-0.1, -0.05) is 29.8 Å². The third-order valence-electron chi connectivity index (χ3n) is 3.41. The standard InChI is InChI=1S/C16H14ClFN2/c17-13-3-6-15-12(8-19)10-20(16(15)7-13)9-11-1-4-14(18)5-2-11/h1-7,10H,8-9,19H2. The average molecular weight is 289 g/mol. The number of halogens is 2. The minimum absolute atomic E-state index is 0.225. The SMILES string of the molecule is NCc1cn(Cc2ccc(F)cc2)c2cc(Cl)ccc12. The first kappa shape index (κ1) is 13.2. The summed E-state index contributed by atoms with van der Waals surface area (Å²) in [6.45, 7) is 1.14. The zero-order chi connectivity index (χ0) is 14.1. The van der Waals surface area contributed by atoms with Gasteiger partial charge in [-0.3, -0.25) is 0 Å². The summed E-state index contributed by atoms with van der Waals surface area (Å²) in [7, 11) is 0. The molecule has 0 unspecified atom stereocenters. The lowest BCUT2D eigenvalue weighted by Crippen LogP contribution is -1.98. The molecule has 102 valence electrons. The zero-order valence-electron chi connectivity index (χ0n) is 10.8. The van der Waals surface area contributed by atoms with Gasteiger partial charge < -0.3 is 10.3 Å². The van der Waals surface area contributed by atoms with Crippen LogP contribution in [0.2, 0.25) is 5.02 Å². The third kappa shape index (κ3) is 2.42. The molecule has 0 saturated heterocycles. The summed E-state index contributed by atoms with van der Waals surface area (Å²) in [6.07, 6.45) is 2.03. The summed E-state index contributed by atoms with van der Waals surface area (Å²) in [4.78, 5) is 0. The highest BCUT2D eigenvalue weighted by Crippen LogP contribution is 2.25. The predicted octanol–water partition coefficient (Wildman–Crippen LogP) is 3.94. The van der Waals surface area contributed by atoms with Crippen molar-refractivity contribution in [1.82, 2.24) is 4.57 Å². The summed E-state index contributed by atoms with van der Waals surface area (Å²) in [5, 5.41) is 1.80. The van der Waals surface area contributed by atoms with E-state index in [-0.39, 0.29) is 5.82 Å². The first-order valence-electron chi connectivity index (χ1n) is 6.39. The molecule has 0 spiro atoms. The molecular formula is C16H14ClFN2. The Labute approximate surface area is 121 Å². The van der Waals surface area contributed by atoms with Gasteiger partial charge in [0.1, 0.15) is 5.82 Å². The lowest BCUT2D eigenvalue weighted by atomic mass is 10.2. The molecule has 0 aliphatic rings. The van der Waals surface area contributed by atoms with E-state index in [1.54, 1.807) is 12.1 Å². The van der Waals surface area contributed by atoms with E-state index < -0.39 is 0 Å². The van der Waals surface area contributed by atoms with Crippen LogP contribution in [0, 0.1) is 5.82 Å². The number of hydrogen-bond acceptors (Lipinski definition) is 1. The van der Waals surface area contributed by atoms with Crippen molar-refractivity contribution in [3.63, 3.8) is 0 Å². The second-order valence-electron chi connectivity index (χ2n) is 4.77. The summed E-state index contributed by atoms with van der Waals surface area (Å²) in [5.41, 5.74) is 8.94. The second kappa shape index (κ2) is 5.27. The molecule has 2 aromatic carbocycles. The molecule has 3 aromatic rings. The molecule has 1 aromatic heterocycles. The van der Waals surface area contributed by atoms with Gasteiger partial charge in [0.2, 0.25) is 0 Å². The van der Waals surface area contributed by atoms with Gasteiger partial charge in [-0.2, -0.15) is 0 Å². The largest absolute Gasteiger partial charge is 0.343 e. The van der Waals surface area contributed by atoms with Crippen LogP contribution in [0.5, 0.6) is 0 Å². The number of nitrogens with two attached hydrogens (primary N) is 1. The first-order valence-corrected chi connectivity index (χ1v) is 6.77. The Balaban J connectivity index is 2.06. The molecule has 0 aliphatic heterocycles. The summed E-state index contributed by atoms with van der Waals surface area (Å²) >= 11 is 6.07. The van der Waals surface area contributed by atoms with Crippen molar-refractivity contribution >= 4 is 22.5 Å². The van der Waals surface area contributed by atoms with Crippen molar-refractivity contribution in [2.24, 2.45) is 5.73 Å². The molecule has 0 atom stereocenters. The molecule has 0 saturated carbocycles. The van der Waals surface area contributed by atoms with Crippen LogP contribution in [0.25, 0.3) is 10.9 Å². The van der Waals surface area contributed by atoms with Crippen molar-refractivity contribution in [2.45, 2.75) is 13.1 Å². The monoisotopic (exact) mass is 288 g/mol. The normalized spacial score (nSPS) is 11.2. The zero-order valence-corrected chi connectivity index (χ0v) is 11.6. The molecule has 0 bridgehead atoms. The van der Waals surface area contributed by atoms with Gasteiger partial charge in [0.05, 0.1) is 5.52 Å². The highest BCUT2D eigenvalue weighted by Gasteiger charge is 2.08. The number of hydrogen-bond donors (Lipinski definition) is 1. The fourth-order valence-corrected chi connectivity index (χ4v) is 2.59. The van der Waals surface area contributed by atoms with E-state index in [4.69, 9.17) is 17.3 Å². The Hall–Kier alpha value is -1.84. The lowest BCUT2D eigenvalue weighted by Gasteiger charge is -2.06. The maximum absolute atomic E-state index is 12.9. The molecule has 2 nitrogen and oxygen atoms in total. The Morgan fingerprint density at radius 1 is 1.10 bits per heavy atom. The van der Waals surface area contributed by atoms with Gasteiger partial charge in [0, 0.05) is 29.7 Å². The summed E-state index contributed by atoms with van der Waals surface area (Å²) in [5.74, 6) is -0.225. The topological polar surface area (TPSA) is 30.9 Å². The van der Waals surface area contributed by atoms with Crippen LogP contribution >= 0.6 is 11.6 Å². The minimum atomic E-state index is -0.225. The van der Waals surface area contributed by atoms with Crippen LogP contribution < -0.4 is 5.73 Å². The highest BCUT2D eigenvalue weighted by atomic mass is 35.5. The van der Waals surface area contributed by atoms with E-state index in [1.165, 1.54) is 12.1 Å². The van der Waals surface area contributed by atoms with Gasteiger partial charge in [-0.05, 0) is 35.4 Å². The Kier molecular flexibility index (Phi) is 3.47. The number of nitrogens with zero attached hydrogens (tertiary/aromatic N) is 1. The molecule has 1 heterocycles. The smallest absolute Gasteiger partial charge is 0.123 e. The molecule has 20 heavy (non-hydrogen) atoms. The van der Waals surface area contributed by atoms with Gasteiger partial charge >= 0.3 is 0 Å². The fourth-order valence-electron chi connectivity index (χ4n) is 2.42. The summed E-state index contributed by atoms with van der Waals surface area (Å²) < 4.78 is 15.0. The molecular weight excluding hydrogens is 275 g/mol.